The second-order valence-electron chi connectivity index (χ2n) is 4.40. The Morgan fingerprint density at radius 1 is 1.67 bits per heavy atom. The summed E-state index contributed by atoms with van der Waals surface area (Å²) in [5.74, 6) is 0.305. The van der Waals surface area contributed by atoms with Crippen molar-refractivity contribution < 1.29 is 9.90 Å². The van der Waals surface area contributed by atoms with Gasteiger partial charge in [0.15, 0.2) is 0 Å². The van der Waals surface area contributed by atoms with E-state index in [2.05, 4.69) is 6.92 Å². The highest BCUT2D eigenvalue weighted by Gasteiger charge is 2.39. The van der Waals surface area contributed by atoms with Gasteiger partial charge in [-0.05, 0) is 37.9 Å². The normalized spacial score (nSPS) is 31.5. The number of nitrogens with two attached hydrogens (primary N) is 1. The molecular formula is C11H21NO2S. The molecule has 1 saturated carbocycles. The summed E-state index contributed by atoms with van der Waals surface area (Å²) < 4.78 is 0. The molecule has 15 heavy (non-hydrogen) atoms. The Hall–Kier alpha value is -0.220. The molecule has 2 atom stereocenters. The van der Waals surface area contributed by atoms with Crippen LogP contribution in [0.5, 0.6) is 0 Å². The highest BCUT2D eigenvalue weighted by molar-refractivity contribution is 7.99. The van der Waals surface area contributed by atoms with Crippen molar-refractivity contribution in [3.8, 4) is 0 Å². The van der Waals surface area contributed by atoms with Gasteiger partial charge in [0.1, 0.15) is 5.54 Å². The fourth-order valence-corrected chi connectivity index (χ4v) is 3.52. The maximum atomic E-state index is 11.0. The van der Waals surface area contributed by atoms with Gasteiger partial charge >= 0.3 is 5.97 Å². The van der Waals surface area contributed by atoms with E-state index in [1.54, 1.807) is 0 Å². The van der Waals surface area contributed by atoms with Gasteiger partial charge in [0.2, 0.25) is 0 Å². The van der Waals surface area contributed by atoms with Gasteiger partial charge in [0, 0.05) is 5.25 Å². The Morgan fingerprint density at radius 3 is 3.00 bits per heavy atom. The van der Waals surface area contributed by atoms with Gasteiger partial charge in [-0.1, -0.05) is 13.3 Å². The molecule has 0 radical (unpaired) electrons. The predicted octanol–water partition coefficient (Wildman–Crippen LogP) is 2.24. The Balaban J connectivity index is 2.38. The van der Waals surface area contributed by atoms with Gasteiger partial charge in [0.25, 0.3) is 0 Å². The van der Waals surface area contributed by atoms with Crippen molar-refractivity contribution in [1.82, 2.24) is 0 Å². The van der Waals surface area contributed by atoms with E-state index >= 15 is 0 Å². The maximum absolute atomic E-state index is 11.0. The standard InChI is InChI=1S/C11H21NO2S/c1-2-3-7-15-9-5-4-6-11(12,8-9)10(13)14/h9H,2-8,12H2,1H3,(H,13,14). The predicted molar refractivity (Wildman–Crippen MR) is 64.2 cm³/mol. The molecule has 3 nitrogen and oxygen atoms in total. The van der Waals surface area contributed by atoms with Crippen LogP contribution in [-0.4, -0.2) is 27.6 Å². The molecule has 88 valence electrons. The van der Waals surface area contributed by atoms with Crippen LogP contribution in [0.25, 0.3) is 0 Å². The lowest BCUT2D eigenvalue weighted by molar-refractivity contribution is -0.144. The second-order valence-corrected chi connectivity index (χ2v) is 5.81. The number of carboxylic acids is 1. The number of thioether (sulfide) groups is 1. The summed E-state index contributed by atoms with van der Waals surface area (Å²) in [6.45, 7) is 2.17. The van der Waals surface area contributed by atoms with Crippen LogP contribution >= 0.6 is 11.8 Å². The molecule has 0 aromatic carbocycles. The van der Waals surface area contributed by atoms with Gasteiger partial charge in [-0.25, -0.2) is 0 Å². The molecule has 0 amide bonds. The van der Waals surface area contributed by atoms with E-state index in [4.69, 9.17) is 10.8 Å². The summed E-state index contributed by atoms with van der Waals surface area (Å²) in [5, 5.41) is 9.50. The van der Waals surface area contributed by atoms with Gasteiger partial charge in [0.05, 0.1) is 0 Å². The van der Waals surface area contributed by atoms with E-state index in [-0.39, 0.29) is 0 Å². The maximum Gasteiger partial charge on any atom is 0.323 e. The molecule has 0 heterocycles. The molecule has 1 aliphatic rings. The first-order valence-corrected chi connectivity index (χ1v) is 6.77. The van der Waals surface area contributed by atoms with Crippen molar-refractivity contribution in [2.75, 3.05) is 5.75 Å². The van der Waals surface area contributed by atoms with Crippen LogP contribution in [0, 0.1) is 0 Å². The molecule has 0 aromatic heterocycles. The molecule has 0 saturated heterocycles. The van der Waals surface area contributed by atoms with Crippen LogP contribution in [0.2, 0.25) is 0 Å². The van der Waals surface area contributed by atoms with Crippen LogP contribution in [-0.2, 0) is 4.79 Å². The summed E-state index contributed by atoms with van der Waals surface area (Å²) in [4.78, 5) is 11.0. The Morgan fingerprint density at radius 2 is 2.40 bits per heavy atom. The second kappa shape index (κ2) is 5.75. The number of carboxylic acid groups (broad SMARTS) is 1. The minimum absolute atomic E-state index is 0.450. The first-order valence-electron chi connectivity index (χ1n) is 5.72. The zero-order valence-corrected chi connectivity index (χ0v) is 10.2. The van der Waals surface area contributed by atoms with Crippen LogP contribution in [0.15, 0.2) is 0 Å². The highest BCUT2D eigenvalue weighted by atomic mass is 32.2. The van der Waals surface area contributed by atoms with Gasteiger partial charge in [-0.15, -0.1) is 0 Å². The summed E-state index contributed by atoms with van der Waals surface area (Å²) in [6.07, 6.45) is 5.76. The quantitative estimate of drug-likeness (QED) is 0.712. The van der Waals surface area contributed by atoms with E-state index in [1.165, 1.54) is 12.8 Å². The molecule has 2 unspecified atom stereocenters. The summed E-state index contributed by atoms with van der Waals surface area (Å²) in [5.41, 5.74) is 4.93. The minimum Gasteiger partial charge on any atom is -0.480 e. The Kier molecular flexibility index (Phi) is 4.93. The van der Waals surface area contributed by atoms with Crippen molar-refractivity contribution >= 4 is 17.7 Å². The number of aliphatic carboxylic acids is 1. The average Bonchev–Trinajstić information content (AvgIpc) is 2.18. The van der Waals surface area contributed by atoms with Crippen LogP contribution in [0.4, 0.5) is 0 Å². The SMILES string of the molecule is CCCCSC1CCCC(N)(C(=O)O)C1. The monoisotopic (exact) mass is 231 g/mol. The third-order valence-corrected chi connectivity index (χ3v) is 4.42. The van der Waals surface area contributed by atoms with Crippen molar-refractivity contribution in [2.45, 2.75) is 56.2 Å². The zero-order valence-electron chi connectivity index (χ0n) is 9.37. The molecule has 4 heteroatoms. The molecule has 0 bridgehead atoms. The van der Waals surface area contributed by atoms with Gasteiger partial charge < -0.3 is 10.8 Å². The molecule has 1 aliphatic carbocycles. The number of carbonyl (C=O) groups is 1. The first-order chi connectivity index (χ1) is 7.08. The molecular weight excluding hydrogens is 210 g/mol. The molecule has 1 fully saturated rings. The number of unbranched alkanes of at least 4 members (excludes halogenated alkanes) is 1. The van der Waals surface area contributed by atoms with Crippen molar-refractivity contribution in [3.05, 3.63) is 0 Å². The van der Waals surface area contributed by atoms with Crippen molar-refractivity contribution in [3.63, 3.8) is 0 Å². The largest absolute Gasteiger partial charge is 0.480 e. The first kappa shape index (κ1) is 12.8. The van der Waals surface area contributed by atoms with E-state index in [0.717, 1.165) is 18.6 Å². The zero-order chi connectivity index (χ0) is 11.3. The number of hydrogen-bond acceptors (Lipinski definition) is 3. The Labute approximate surface area is 95.8 Å². The fourth-order valence-electron chi connectivity index (χ4n) is 1.99. The molecule has 1 rings (SSSR count). The number of hydrogen-bond donors (Lipinski definition) is 2. The van der Waals surface area contributed by atoms with Gasteiger partial charge in [-0.2, -0.15) is 11.8 Å². The lowest BCUT2D eigenvalue weighted by Gasteiger charge is -2.34. The third-order valence-electron chi connectivity index (χ3n) is 3.02. The topological polar surface area (TPSA) is 63.3 Å². The van der Waals surface area contributed by atoms with E-state index < -0.39 is 11.5 Å². The lowest BCUT2D eigenvalue weighted by Crippen LogP contribution is -2.51. The van der Waals surface area contributed by atoms with E-state index in [1.807, 2.05) is 11.8 Å². The number of rotatable bonds is 5. The molecule has 0 spiro atoms. The van der Waals surface area contributed by atoms with Crippen LogP contribution in [0.3, 0.4) is 0 Å². The molecule has 3 N–H and O–H groups in total. The third kappa shape index (κ3) is 3.68. The fraction of sp³-hybridized carbons (Fsp3) is 0.909. The van der Waals surface area contributed by atoms with Crippen molar-refractivity contribution in [1.29, 1.82) is 0 Å². The molecule has 0 aliphatic heterocycles. The van der Waals surface area contributed by atoms with Crippen molar-refractivity contribution in [2.24, 2.45) is 5.73 Å². The summed E-state index contributed by atoms with van der Waals surface area (Å²) >= 11 is 1.90. The van der Waals surface area contributed by atoms with Gasteiger partial charge in [-0.3, -0.25) is 4.79 Å². The van der Waals surface area contributed by atoms with E-state index in [9.17, 15) is 4.79 Å². The Bertz CT molecular complexity index is 223. The summed E-state index contributed by atoms with van der Waals surface area (Å²) in [7, 11) is 0. The smallest absolute Gasteiger partial charge is 0.323 e. The van der Waals surface area contributed by atoms with Crippen LogP contribution in [0.1, 0.15) is 45.4 Å². The lowest BCUT2D eigenvalue weighted by atomic mass is 9.82. The van der Waals surface area contributed by atoms with Crippen LogP contribution < -0.4 is 5.73 Å². The highest BCUT2D eigenvalue weighted by Crippen LogP contribution is 2.34. The minimum atomic E-state index is -0.956. The average molecular weight is 231 g/mol. The molecule has 0 aromatic rings. The van der Waals surface area contributed by atoms with E-state index in [0.29, 0.717) is 18.1 Å². The summed E-state index contributed by atoms with van der Waals surface area (Å²) in [6, 6.07) is 0.